The lowest BCUT2D eigenvalue weighted by Gasteiger charge is -2.38. The number of benzene rings is 1. The number of methoxy groups -OCH3 is 3. The Kier molecular flexibility index (Phi) is 5.47. The Morgan fingerprint density at radius 3 is 2.43 bits per heavy atom. The molecule has 0 N–H and O–H groups in total. The molecule has 0 aliphatic carbocycles. The molecule has 1 aromatic rings. The first-order chi connectivity index (χ1) is 11.1. The van der Waals surface area contributed by atoms with E-state index in [4.69, 9.17) is 14.2 Å². The summed E-state index contributed by atoms with van der Waals surface area (Å²) in [6.07, 6.45) is 2.33. The van der Waals surface area contributed by atoms with Crippen LogP contribution < -0.4 is 9.47 Å². The van der Waals surface area contributed by atoms with E-state index in [9.17, 15) is 9.59 Å². The molecule has 1 unspecified atom stereocenters. The Morgan fingerprint density at radius 1 is 1.22 bits per heavy atom. The highest BCUT2D eigenvalue weighted by atomic mass is 16.5. The van der Waals surface area contributed by atoms with Gasteiger partial charge in [-0.15, -0.1) is 0 Å². The number of carbonyl (C=O) groups is 2. The zero-order valence-electron chi connectivity index (χ0n) is 14.0. The molecule has 1 atom stereocenters. The molecule has 1 saturated heterocycles. The molecule has 23 heavy (non-hydrogen) atoms. The highest BCUT2D eigenvalue weighted by molar-refractivity contribution is 5.98. The summed E-state index contributed by atoms with van der Waals surface area (Å²) < 4.78 is 15.5. The molecular weight excluding hydrogens is 298 g/mol. The minimum absolute atomic E-state index is 0.190. The monoisotopic (exact) mass is 321 g/mol. The number of hydrogen-bond acceptors (Lipinski definition) is 5. The normalized spacial score (nSPS) is 16.5. The Labute approximate surface area is 136 Å². The summed E-state index contributed by atoms with van der Waals surface area (Å²) >= 11 is 0. The van der Waals surface area contributed by atoms with E-state index in [0.717, 1.165) is 18.4 Å². The van der Waals surface area contributed by atoms with Crippen molar-refractivity contribution in [3.8, 4) is 11.5 Å². The molecular formula is C17H23NO5. The smallest absolute Gasteiger partial charge is 0.328 e. The van der Waals surface area contributed by atoms with Crippen LogP contribution in [0.1, 0.15) is 35.7 Å². The van der Waals surface area contributed by atoms with Crippen LogP contribution in [0.4, 0.5) is 0 Å². The van der Waals surface area contributed by atoms with Gasteiger partial charge in [-0.3, -0.25) is 4.79 Å². The third kappa shape index (κ3) is 3.25. The van der Waals surface area contributed by atoms with E-state index in [1.54, 1.807) is 20.3 Å². The summed E-state index contributed by atoms with van der Waals surface area (Å²) in [5.41, 5.74) is 1.42. The second-order valence-electron chi connectivity index (χ2n) is 5.45. The Morgan fingerprint density at radius 2 is 1.96 bits per heavy atom. The van der Waals surface area contributed by atoms with Crippen LogP contribution in [0.5, 0.6) is 11.5 Å². The van der Waals surface area contributed by atoms with Gasteiger partial charge in [0.1, 0.15) is 6.04 Å². The molecule has 1 aliphatic rings. The molecule has 6 nitrogen and oxygen atoms in total. The Hall–Kier alpha value is -2.24. The molecule has 1 fully saturated rings. The standard InChI is InChI=1S/C17H23NO5/c1-5-6-11-9-12(10-14(21-2)15(11)22-3)16(19)18-8-7-13(18)17(20)23-4/h9-10,13H,5-8H2,1-4H3. The number of hydrogen-bond donors (Lipinski definition) is 0. The van der Waals surface area contributed by atoms with Crippen molar-refractivity contribution in [2.24, 2.45) is 0 Å². The fraction of sp³-hybridized carbons (Fsp3) is 0.529. The molecule has 6 heteroatoms. The van der Waals surface area contributed by atoms with Crippen molar-refractivity contribution in [1.82, 2.24) is 4.90 Å². The molecule has 0 saturated carbocycles. The number of amides is 1. The van der Waals surface area contributed by atoms with Crippen molar-refractivity contribution in [1.29, 1.82) is 0 Å². The van der Waals surface area contributed by atoms with Crippen LogP contribution in [0.25, 0.3) is 0 Å². The van der Waals surface area contributed by atoms with Gasteiger partial charge in [-0.05, 0) is 30.5 Å². The maximum absolute atomic E-state index is 12.7. The average molecular weight is 321 g/mol. The zero-order valence-corrected chi connectivity index (χ0v) is 14.0. The first-order valence-corrected chi connectivity index (χ1v) is 7.71. The van der Waals surface area contributed by atoms with Crippen LogP contribution in [0.2, 0.25) is 0 Å². The van der Waals surface area contributed by atoms with Gasteiger partial charge in [-0.25, -0.2) is 4.79 Å². The van der Waals surface area contributed by atoms with Gasteiger partial charge in [0.25, 0.3) is 5.91 Å². The van der Waals surface area contributed by atoms with Crippen molar-refractivity contribution in [3.63, 3.8) is 0 Å². The van der Waals surface area contributed by atoms with Crippen molar-refractivity contribution in [2.45, 2.75) is 32.2 Å². The molecule has 2 rings (SSSR count). The van der Waals surface area contributed by atoms with E-state index in [0.29, 0.717) is 30.0 Å². The van der Waals surface area contributed by atoms with E-state index in [1.807, 2.05) is 6.07 Å². The number of aryl methyl sites for hydroxylation is 1. The fourth-order valence-electron chi connectivity index (χ4n) is 2.80. The zero-order chi connectivity index (χ0) is 17.0. The predicted octanol–water partition coefficient (Wildman–Crippen LogP) is 2.04. The largest absolute Gasteiger partial charge is 0.493 e. The Balaban J connectivity index is 2.33. The van der Waals surface area contributed by atoms with Crippen molar-refractivity contribution in [2.75, 3.05) is 27.9 Å². The van der Waals surface area contributed by atoms with Crippen LogP contribution in [0.3, 0.4) is 0 Å². The van der Waals surface area contributed by atoms with Crippen molar-refractivity contribution >= 4 is 11.9 Å². The number of ether oxygens (including phenoxy) is 3. The van der Waals surface area contributed by atoms with E-state index in [2.05, 4.69) is 6.92 Å². The minimum Gasteiger partial charge on any atom is -0.493 e. The van der Waals surface area contributed by atoms with Gasteiger partial charge in [0.15, 0.2) is 11.5 Å². The van der Waals surface area contributed by atoms with Crippen LogP contribution in [-0.2, 0) is 16.0 Å². The van der Waals surface area contributed by atoms with E-state index >= 15 is 0 Å². The molecule has 1 amide bonds. The van der Waals surface area contributed by atoms with Crippen LogP contribution >= 0.6 is 0 Å². The minimum atomic E-state index is -0.491. The quantitative estimate of drug-likeness (QED) is 0.750. The number of carbonyl (C=O) groups excluding carboxylic acids is 2. The van der Waals surface area contributed by atoms with Gasteiger partial charge < -0.3 is 19.1 Å². The Bertz CT molecular complexity index is 599. The number of rotatable bonds is 6. The van der Waals surface area contributed by atoms with Crippen LogP contribution in [-0.4, -0.2) is 50.7 Å². The van der Waals surface area contributed by atoms with Gasteiger partial charge in [-0.2, -0.15) is 0 Å². The topological polar surface area (TPSA) is 65.1 Å². The lowest BCUT2D eigenvalue weighted by atomic mass is 9.99. The molecule has 1 heterocycles. The second kappa shape index (κ2) is 7.35. The van der Waals surface area contributed by atoms with Crippen LogP contribution in [0.15, 0.2) is 12.1 Å². The number of esters is 1. The first-order valence-electron chi connectivity index (χ1n) is 7.71. The maximum atomic E-state index is 12.7. The second-order valence-corrected chi connectivity index (χ2v) is 5.45. The van der Waals surface area contributed by atoms with Gasteiger partial charge in [0, 0.05) is 12.1 Å². The summed E-state index contributed by atoms with van der Waals surface area (Å²) in [7, 11) is 4.46. The van der Waals surface area contributed by atoms with Crippen molar-refractivity contribution in [3.05, 3.63) is 23.3 Å². The van der Waals surface area contributed by atoms with Gasteiger partial charge in [-0.1, -0.05) is 13.3 Å². The third-order valence-electron chi connectivity index (χ3n) is 4.08. The third-order valence-corrected chi connectivity index (χ3v) is 4.08. The summed E-state index contributed by atoms with van der Waals surface area (Å²) in [5, 5.41) is 0. The number of likely N-dealkylation sites (tertiary alicyclic amines) is 1. The van der Waals surface area contributed by atoms with E-state index < -0.39 is 6.04 Å². The SMILES string of the molecule is CCCc1cc(C(=O)N2CCC2C(=O)OC)cc(OC)c1OC. The highest BCUT2D eigenvalue weighted by Crippen LogP contribution is 2.34. The van der Waals surface area contributed by atoms with Gasteiger partial charge in [0.05, 0.1) is 21.3 Å². The predicted molar refractivity (Wildman–Crippen MR) is 85.0 cm³/mol. The summed E-state index contributed by atoms with van der Waals surface area (Å²) in [4.78, 5) is 25.9. The molecule has 0 spiro atoms. The maximum Gasteiger partial charge on any atom is 0.328 e. The van der Waals surface area contributed by atoms with Gasteiger partial charge >= 0.3 is 5.97 Å². The van der Waals surface area contributed by atoms with Gasteiger partial charge in [0.2, 0.25) is 0 Å². The van der Waals surface area contributed by atoms with Crippen LogP contribution in [0, 0.1) is 0 Å². The fourth-order valence-corrected chi connectivity index (χ4v) is 2.80. The number of nitrogens with zero attached hydrogens (tertiary/aromatic N) is 1. The van der Waals surface area contributed by atoms with E-state index in [1.165, 1.54) is 12.0 Å². The summed E-state index contributed by atoms with van der Waals surface area (Å²) in [5.74, 6) is 0.611. The first kappa shape index (κ1) is 17.1. The molecule has 0 aromatic heterocycles. The molecule has 0 bridgehead atoms. The lowest BCUT2D eigenvalue weighted by Crippen LogP contribution is -2.55. The molecule has 1 aliphatic heterocycles. The molecule has 126 valence electrons. The lowest BCUT2D eigenvalue weighted by molar-refractivity contribution is -0.149. The average Bonchev–Trinajstić information content (AvgIpc) is 2.52. The van der Waals surface area contributed by atoms with E-state index in [-0.39, 0.29) is 11.9 Å². The summed E-state index contributed by atoms with van der Waals surface area (Å²) in [6, 6.07) is 2.99. The summed E-state index contributed by atoms with van der Waals surface area (Å²) in [6.45, 7) is 2.61. The highest BCUT2D eigenvalue weighted by Gasteiger charge is 2.39. The van der Waals surface area contributed by atoms with Crippen molar-refractivity contribution < 1.29 is 23.8 Å². The molecule has 0 radical (unpaired) electrons. The molecule has 1 aromatic carbocycles.